The van der Waals surface area contributed by atoms with Crippen molar-refractivity contribution in [1.29, 1.82) is 5.26 Å². The lowest BCUT2D eigenvalue weighted by Crippen LogP contribution is -2.48. The van der Waals surface area contributed by atoms with Gasteiger partial charge in [0.15, 0.2) is 0 Å². The Labute approximate surface area is 122 Å². The molecular weight excluding hydrogens is 246 g/mol. The van der Waals surface area contributed by atoms with Crippen molar-refractivity contribution in [2.75, 3.05) is 0 Å². The average molecular weight is 273 g/mol. The first kappa shape index (κ1) is 14.1. The van der Waals surface area contributed by atoms with Gasteiger partial charge in [-0.2, -0.15) is 5.26 Å². The van der Waals surface area contributed by atoms with Crippen LogP contribution < -0.4 is 0 Å². The largest absolute Gasteiger partial charge is 0.299 e. The summed E-state index contributed by atoms with van der Waals surface area (Å²) in [5, 5.41) is 9.36. The Morgan fingerprint density at radius 3 is 2.00 bits per heavy atom. The molecule has 0 aromatic heterocycles. The summed E-state index contributed by atoms with van der Waals surface area (Å²) in [6, 6.07) is 2.37. The number of nitrogens with zero attached hydrogens (tertiary/aromatic N) is 1. The van der Waals surface area contributed by atoms with Crippen molar-refractivity contribution in [2.24, 2.45) is 40.9 Å². The molecule has 0 amide bonds. The van der Waals surface area contributed by atoms with Gasteiger partial charge >= 0.3 is 0 Å². The molecule has 20 heavy (non-hydrogen) atoms. The molecular formula is C18H27NO. The third kappa shape index (κ3) is 2.41. The number of carbonyl (C=O) groups excluding carboxylic acids is 1. The number of carbonyl (C=O) groups is 1. The summed E-state index contributed by atoms with van der Waals surface area (Å²) in [5.74, 6) is 3.69. The number of hydrogen-bond acceptors (Lipinski definition) is 2. The lowest BCUT2D eigenvalue weighted by molar-refractivity contribution is -0.137. The van der Waals surface area contributed by atoms with E-state index < -0.39 is 0 Å². The number of ketones is 1. The minimum Gasteiger partial charge on any atom is -0.299 e. The highest BCUT2D eigenvalue weighted by Gasteiger charge is 2.50. The maximum atomic E-state index is 12.8. The van der Waals surface area contributed by atoms with Gasteiger partial charge in [-0.1, -0.05) is 20.8 Å². The highest BCUT2D eigenvalue weighted by molar-refractivity contribution is 5.82. The van der Waals surface area contributed by atoms with Gasteiger partial charge in [0.25, 0.3) is 0 Å². The molecule has 0 aromatic carbocycles. The van der Waals surface area contributed by atoms with E-state index in [-0.39, 0.29) is 11.3 Å². The molecule has 2 nitrogen and oxygen atoms in total. The molecule has 110 valence electrons. The fourth-order valence-electron chi connectivity index (χ4n) is 5.33. The first-order valence-electron chi connectivity index (χ1n) is 8.30. The Morgan fingerprint density at radius 2 is 1.60 bits per heavy atom. The molecule has 4 aliphatic rings. The Balaban J connectivity index is 1.70. The van der Waals surface area contributed by atoms with Crippen LogP contribution >= 0.6 is 0 Å². The second-order valence-corrected chi connectivity index (χ2v) is 8.67. The van der Waals surface area contributed by atoms with Crippen molar-refractivity contribution in [3.05, 3.63) is 0 Å². The Kier molecular flexibility index (Phi) is 3.43. The van der Waals surface area contributed by atoms with Gasteiger partial charge in [-0.3, -0.25) is 4.79 Å². The van der Waals surface area contributed by atoms with Crippen LogP contribution in [0.25, 0.3) is 0 Å². The Morgan fingerprint density at radius 1 is 1.10 bits per heavy atom. The average Bonchev–Trinajstić information content (AvgIpc) is 2.33. The number of Topliss-reactive ketones (excluding diaryl/α,β-unsaturated/α-hetero) is 1. The Bertz CT molecular complexity index is 411. The third-order valence-corrected chi connectivity index (χ3v) is 6.21. The zero-order valence-electron chi connectivity index (χ0n) is 13.1. The van der Waals surface area contributed by atoms with Crippen LogP contribution in [0.1, 0.15) is 59.3 Å². The van der Waals surface area contributed by atoms with Crippen molar-refractivity contribution < 1.29 is 4.79 Å². The van der Waals surface area contributed by atoms with Crippen molar-refractivity contribution in [3.63, 3.8) is 0 Å². The second-order valence-electron chi connectivity index (χ2n) is 8.67. The number of hydrogen-bond donors (Lipinski definition) is 0. The van der Waals surface area contributed by atoms with E-state index in [0.29, 0.717) is 30.0 Å². The molecule has 2 heteroatoms. The molecule has 4 rings (SSSR count). The van der Waals surface area contributed by atoms with Crippen LogP contribution in [0, 0.1) is 52.3 Å². The normalized spacial score (nSPS) is 40.4. The summed E-state index contributed by atoms with van der Waals surface area (Å²) in [7, 11) is 0. The van der Waals surface area contributed by atoms with E-state index >= 15 is 0 Å². The molecule has 0 saturated heterocycles. The van der Waals surface area contributed by atoms with Crippen molar-refractivity contribution in [3.8, 4) is 6.07 Å². The summed E-state index contributed by atoms with van der Waals surface area (Å²) >= 11 is 0. The number of nitriles is 1. The van der Waals surface area contributed by atoms with Crippen molar-refractivity contribution >= 4 is 5.78 Å². The fourth-order valence-corrected chi connectivity index (χ4v) is 5.33. The summed E-state index contributed by atoms with van der Waals surface area (Å²) in [4.78, 5) is 12.8. The maximum absolute atomic E-state index is 12.8. The molecule has 0 aromatic rings. The molecule has 0 radical (unpaired) electrons. The zero-order valence-corrected chi connectivity index (χ0v) is 13.1. The van der Waals surface area contributed by atoms with Gasteiger partial charge < -0.3 is 0 Å². The smallest absolute Gasteiger partial charge is 0.137 e. The lowest BCUT2D eigenvalue weighted by Gasteiger charge is -2.54. The van der Waals surface area contributed by atoms with Gasteiger partial charge in [0.1, 0.15) is 5.78 Å². The molecule has 4 bridgehead atoms. The maximum Gasteiger partial charge on any atom is 0.137 e. The highest BCUT2D eigenvalue weighted by atomic mass is 16.1. The minimum atomic E-state index is -0.132. The SMILES string of the molecule is CC(C)(C)C(C#N)CC(=O)C1C2CC3CC(C2)CC1C3. The van der Waals surface area contributed by atoms with Crippen molar-refractivity contribution in [2.45, 2.75) is 59.3 Å². The first-order chi connectivity index (χ1) is 9.38. The van der Waals surface area contributed by atoms with E-state index in [1.165, 1.54) is 32.1 Å². The first-order valence-corrected chi connectivity index (χ1v) is 8.30. The summed E-state index contributed by atoms with van der Waals surface area (Å²) in [6.45, 7) is 6.22. The molecule has 1 atom stereocenters. The quantitative estimate of drug-likeness (QED) is 0.773. The van der Waals surface area contributed by atoms with Crippen LogP contribution in [-0.2, 0) is 4.79 Å². The van der Waals surface area contributed by atoms with E-state index in [9.17, 15) is 10.1 Å². The monoisotopic (exact) mass is 273 g/mol. The highest BCUT2D eigenvalue weighted by Crippen LogP contribution is 2.57. The predicted molar refractivity (Wildman–Crippen MR) is 78.7 cm³/mol. The summed E-state index contributed by atoms with van der Waals surface area (Å²) < 4.78 is 0. The fraction of sp³-hybridized carbons (Fsp3) is 0.889. The molecule has 0 spiro atoms. The standard InChI is InChI=1S/C18H27NO/c1-18(2,3)15(10-19)9-16(20)17-13-5-11-4-12(7-13)8-14(17)6-11/h11-15,17H,4-9H2,1-3H3. The van der Waals surface area contributed by atoms with Crippen LogP contribution in [0.2, 0.25) is 0 Å². The third-order valence-electron chi connectivity index (χ3n) is 6.21. The van der Waals surface area contributed by atoms with Crippen LogP contribution in [0.15, 0.2) is 0 Å². The molecule has 0 heterocycles. The Hall–Kier alpha value is -0.840. The van der Waals surface area contributed by atoms with Crippen molar-refractivity contribution in [1.82, 2.24) is 0 Å². The second kappa shape index (κ2) is 4.86. The van der Waals surface area contributed by atoms with Crippen LogP contribution in [0.3, 0.4) is 0 Å². The van der Waals surface area contributed by atoms with Gasteiger partial charge in [0, 0.05) is 12.3 Å². The van der Waals surface area contributed by atoms with Gasteiger partial charge in [-0.05, 0) is 61.2 Å². The van der Waals surface area contributed by atoms with Gasteiger partial charge in [-0.25, -0.2) is 0 Å². The van der Waals surface area contributed by atoms with Crippen LogP contribution in [-0.4, -0.2) is 5.78 Å². The lowest BCUT2D eigenvalue weighted by atomic mass is 9.50. The molecule has 0 N–H and O–H groups in total. The molecule has 4 saturated carbocycles. The van der Waals surface area contributed by atoms with Gasteiger partial charge in [-0.15, -0.1) is 0 Å². The van der Waals surface area contributed by atoms with E-state index in [1.807, 2.05) is 0 Å². The number of rotatable bonds is 3. The van der Waals surface area contributed by atoms with E-state index in [1.54, 1.807) is 0 Å². The van der Waals surface area contributed by atoms with E-state index in [2.05, 4.69) is 26.8 Å². The zero-order chi connectivity index (χ0) is 14.5. The van der Waals surface area contributed by atoms with Gasteiger partial charge in [0.05, 0.1) is 12.0 Å². The molecule has 4 fully saturated rings. The summed E-state index contributed by atoms with van der Waals surface area (Å²) in [5.41, 5.74) is -0.0870. The topological polar surface area (TPSA) is 40.9 Å². The van der Waals surface area contributed by atoms with E-state index in [0.717, 1.165) is 11.8 Å². The summed E-state index contributed by atoms with van der Waals surface area (Å²) in [6.07, 6.45) is 7.06. The van der Waals surface area contributed by atoms with Crippen LogP contribution in [0.4, 0.5) is 0 Å². The predicted octanol–water partition coefficient (Wildman–Crippen LogP) is 4.20. The van der Waals surface area contributed by atoms with Crippen LogP contribution in [0.5, 0.6) is 0 Å². The molecule has 4 aliphatic carbocycles. The van der Waals surface area contributed by atoms with Gasteiger partial charge in [0.2, 0.25) is 0 Å². The minimum absolute atomic E-state index is 0.0870. The van der Waals surface area contributed by atoms with E-state index in [4.69, 9.17) is 0 Å². The molecule has 1 unspecified atom stereocenters. The molecule has 0 aliphatic heterocycles.